The molecule has 128 valence electrons. The van der Waals surface area contributed by atoms with Gasteiger partial charge < -0.3 is 16.2 Å². The highest BCUT2D eigenvalue weighted by Gasteiger charge is 2.33. The molecule has 0 saturated heterocycles. The van der Waals surface area contributed by atoms with Gasteiger partial charge in [-0.2, -0.15) is 0 Å². The summed E-state index contributed by atoms with van der Waals surface area (Å²) in [5.74, 6) is 0.0603. The number of nitrogens with two attached hydrogens (primary N) is 1. The van der Waals surface area contributed by atoms with Crippen molar-refractivity contribution in [3.63, 3.8) is 0 Å². The minimum absolute atomic E-state index is 0.0138. The van der Waals surface area contributed by atoms with Crippen LogP contribution in [0.25, 0.3) is 0 Å². The molecule has 0 heterocycles. The van der Waals surface area contributed by atoms with Crippen molar-refractivity contribution in [3.8, 4) is 0 Å². The molecule has 0 spiro atoms. The predicted molar refractivity (Wildman–Crippen MR) is 92.8 cm³/mol. The zero-order valence-corrected chi connectivity index (χ0v) is 14.1. The van der Waals surface area contributed by atoms with Crippen LogP contribution in [0, 0.1) is 5.41 Å². The van der Waals surface area contributed by atoms with E-state index in [0.717, 1.165) is 18.4 Å². The quantitative estimate of drug-likeness (QED) is 0.723. The van der Waals surface area contributed by atoms with E-state index in [1.54, 1.807) is 0 Å². The number of rotatable bonds is 7. The molecular weight excluding hydrogens is 288 g/mol. The van der Waals surface area contributed by atoms with E-state index in [0.29, 0.717) is 19.4 Å². The van der Waals surface area contributed by atoms with Crippen molar-refractivity contribution < 1.29 is 9.90 Å². The van der Waals surface area contributed by atoms with Crippen LogP contribution in [0.5, 0.6) is 0 Å². The highest BCUT2D eigenvalue weighted by Crippen LogP contribution is 2.38. The fourth-order valence-electron chi connectivity index (χ4n) is 3.63. The molecular formula is C19H30N2O2. The van der Waals surface area contributed by atoms with Gasteiger partial charge in [-0.05, 0) is 43.7 Å². The number of aliphatic hydroxyl groups excluding tert-OH is 1. The maximum atomic E-state index is 12.4. The van der Waals surface area contributed by atoms with Crippen LogP contribution in [0.3, 0.4) is 0 Å². The Morgan fingerprint density at radius 1 is 1.26 bits per heavy atom. The smallest absolute Gasteiger partial charge is 0.220 e. The van der Waals surface area contributed by atoms with Gasteiger partial charge in [-0.3, -0.25) is 4.79 Å². The van der Waals surface area contributed by atoms with Gasteiger partial charge in [0, 0.05) is 12.5 Å². The second-order valence-corrected chi connectivity index (χ2v) is 7.07. The summed E-state index contributed by atoms with van der Waals surface area (Å²) < 4.78 is 0. The Bertz CT molecular complexity index is 483. The van der Waals surface area contributed by atoms with Crippen LogP contribution in [-0.4, -0.2) is 23.6 Å². The molecule has 2 unspecified atom stereocenters. The number of nitrogens with one attached hydrogen (secondary N) is 1. The molecule has 1 aliphatic rings. The molecule has 1 aromatic carbocycles. The van der Waals surface area contributed by atoms with Crippen LogP contribution >= 0.6 is 0 Å². The van der Waals surface area contributed by atoms with E-state index < -0.39 is 6.10 Å². The Morgan fingerprint density at radius 2 is 1.91 bits per heavy atom. The van der Waals surface area contributed by atoms with Gasteiger partial charge in [-0.1, -0.05) is 49.6 Å². The molecule has 4 N–H and O–H groups in total. The average molecular weight is 318 g/mol. The zero-order valence-electron chi connectivity index (χ0n) is 14.1. The topological polar surface area (TPSA) is 75.3 Å². The molecule has 4 heteroatoms. The van der Waals surface area contributed by atoms with E-state index in [2.05, 4.69) is 5.32 Å². The number of aliphatic hydroxyl groups is 1. The molecule has 0 aliphatic heterocycles. The number of amides is 1. The molecule has 1 aliphatic carbocycles. The van der Waals surface area contributed by atoms with E-state index in [4.69, 9.17) is 5.73 Å². The molecule has 1 aromatic rings. The van der Waals surface area contributed by atoms with Gasteiger partial charge in [0.1, 0.15) is 0 Å². The fraction of sp³-hybridized carbons (Fsp3) is 0.632. The van der Waals surface area contributed by atoms with Crippen molar-refractivity contribution in [1.82, 2.24) is 5.32 Å². The first-order chi connectivity index (χ1) is 11.0. The average Bonchev–Trinajstić information content (AvgIpc) is 2.56. The van der Waals surface area contributed by atoms with Gasteiger partial charge in [0.05, 0.1) is 6.10 Å². The van der Waals surface area contributed by atoms with Crippen molar-refractivity contribution >= 4 is 5.91 Å². The normalized spacial score (nSPS) is 19.8. The van der Waals surface area contributed by atoms with E-state index >= 15 is 0 Å². The third-order valence-corrected chi connectivity index (χ3v) is 5.05. The van der Waals surface area contributed by atoms with Gasteiger partial charge in [0.25, 0.3) is 0 Å². The summed E-state index contributed by atoms with van der Waals surface area (Å²) in [6, 6.07) is 9.51. The molecule has 2 atom stereocenters. The Morgan fingerprint density at radius 3 is 2.52 bits per heavy atom. The lowest BCUT2D eigenvalue weighted by Gasteiger charge is -2.36. The first-order valence-corrected chi connectivity index (χ1v) is 8.77. The summed E-state index contributed by atoms with van der Waals surface area (Å²) in [4.78, 5) is 12.4. The van der Waals surface area contributed by atoms with Crippen molar-refractivity contribution in [2.45, 2.75) is 64.0 Å². The number of carbonyl (C=O) groups excluding carboxylic acids is 1. The molecule has 1 saturated carbocycles. The number of hydrogen-bond acceptors (Lipinski definition) is 3. The van der Waals surface area contributed by atoms with Crippen LogP contribution in [0.15, 0.2) is 30.3 Å². The summed E-state index contributed by atoms with van der Waals surface area (Å²) >= 11 is 0. The summed E-state index contributed by atoms with van der Waals surface area (Å²) in [5, 5.41) is 13.3. The van der Waals surface area contributed by atoms with Gasteiger partial charge >= 0.3 is 0 Å². The van der Waals surface area contributed by atoms with Gasteiger partial charge in [0.2, 0.25) is 5.91 Å². The summed E-state index contributed by atoms with van der Waals surface area (Å²) in [6.45, 7) is 2.53. The molecule has 1 amide bonds. The molecule has 0 radical (unpaired) electrons. The van der Waals surface area contributed by atoms with Crippen molar-refractivity contribution in [3.05, 3.63) is 35.9 Å². The first kappa shape index (κ1) is 18.0. The zero-order chi connectivity index (χ0) is 16.7. The standard InChI is InChI=1S/C19H30N2O2/c1-15(12-17(22)16-8-4-2-5-9-16)21-18(23)13-19(14-20)10-6-3-7-11-19/h2,4-5,8-9,15,17,22H,3,6-7,10-14,20H2,1H3,(H,21,23). The third kappa shape index (κ3) is 5.33. The highest BCUT2D eigenvalue weighted by atomic mass is 16.3. The Labute approximate surface area is 139 Å². The van der Waals surface area contributed by atoms with E-state index in [1.807, 2.05) is 37.3 Å². The van der Waals surface area contributed by atoms with Gasteiger partial charge in [-0.15, -0.1) is 0 Å². The Kier molecular flexibility index (Phi) is 6.60. The molecule has 4 nitrogen and oxygen atoms in total. The lowest BCUT2D eigenvalue weighted by atomic mass is 9.71. The van der Waals surface area contributed by atoms with Crippen molar-refractivity contribution in [1.29, 1.82) is 0 Å². The molecule has 1 fully saturated rings. The predicted octanol–water partition coefficient (Wildman–Crippen LogP) is 2.91. The number of hydrogen-bond donors (Lipinski definition) is 3. The van der Waals surface area contributed by atoms with Crippen molar-refractivity contribution in [2.24, 2.45) is 11.1 Å². The summed E-state index contributed by atoms with van der Waals surface area (Å²) in [7, 11) is 0. The van der Waals surface area contributed by atoms with Gasteiger partial charge in [0.15, 0.2) is 0 Å². The van der Waals surface area contributed by atoms with Crippen LogP contribution in [0.2, 0.25) is 0 Å². The second kappa shape index (κ2) is 8.46. The highest BCUT2D eigenvalue weighted by molar-refractivity contribution is 5.77. The summed E-state index contributed by atoms with van der Waals surface area (Å²) in [5.41, 5.74) is 6.83. The van der Waals surface area contributed by atoms with Crippen LogP contribution in [0.4, 0.5) is 0 Å². The monoisotopic (exact) mass is 318 g/mol. The Balaban J connectivity index is 1.82. The summed E-state index contributed by atoms with van der Waals surface area (Å²) in [6.07, 6.45) is 6.18. The fourth-order valence-corrected chi connectivity index (χ4v) is 3.63. The maximum absolute atomic E-state index is 12.4. The van der Waals surface area contributed by atoms with Crippen LogP contribution < -0.4 is 11.1 Å². The van der Waals surface area contributed by atoms with E-state index in [-0.39, 0.29) is 17.4 Å². The van der Waals surface area contributed by atoms with E-state index in [1.165, 1.54) is 19.3 Å². The third-order valence-electron chi connectivity index (χ3n) is 5.05. The van der Waals surface area contributed by atoms with Gasteiger partial charge in [-0.25, -0.2) is 0 Å². The van der Waals surface area contributed by atoms with Crippen molar-refractivity contribution in [2.75, 3.05) is 6.54 Å². The SMILES string of the molecule is CC(CC(O)c1ccccc1)NC(=O)CC1(CN)CCCCC1. The van der Waals surface area contributed by atoms with Crippen LogP contribution in [-0.2, 0) is 4.79 Å². The lowest BCUT2D eigenvalue weighted by molar-refractivity contribution is -0.124. The molecule has 2 rings (SSSR count). The maximum Gasteiger partial charge on any atom is 0.220 e. The molecule has 23 heavy (non-hydrogen) atoms. The van der Waals surface area contributed by atoms with E-state index in [9.17, 15) is 9.90 Å². The first-order valence-electron chi connectivity index (χ1n) is 8.77. The van der Waals surface area contributed by atoms with Crippen LogP contribution in [0.1, 0.15) is 63.5 Å². The Hall–Kier alpha value is -1.39. The largest absolute Gasteiger partial charge is 0.388 e. The number of carbonyl (C=O) groups is 1. The molecule has 0 bridgehead atoms. The number of benzene rings is 1. The lowest BCUT2D eigenvalue weighted by Crippen LogP contribution is -2.41. The second-order valence-electron chi connectivity index (χ2n) is 7.07. The minimum atomic E-state index is -0.551. The minimum Gasteiger partial charge on any atom is -0.388 e. The molecule has 0 aromatic heterocycles.